The molecule has 1 fully saturated rings. The number of imide groups is 3. The number of likely N-dealkylation sites (tertiary alicyclic amines) is 1. The molecule has 1 heterocycles. The largest absolute Gasteiger partial charge is 0.508 e. The number of fused-ring (bicyclic) bond motifs is 4. The minimum absolute atomic E-state index is 0.0331. The van der Waals surface area contributed by atoms with Gasteiger partial charge in [0.1, 0.15) is 5.75 Å². The Hall–Kier alpha value is -4.33. The molecule has 8 heteroatoms. The zero-order valence-corrected chi connectivity index (χ0v) is 19.4. The molecule has 6 rings (SSSR count). The molecule has 4 aliphatic rings. The second-order valence-corrected chi connectivity index (χ2v) is 9.80. The second-order valence-electron chi connectivity index (χ2n) is 9.80. The van der Waals surface area contributed by atoms with E-state index < -0.39 is 41.5 Å². The molecule has 0 saturated carbocycles. The Balaban J connectivity index is 1.62. The van der Waals surface area contributed by atoms with Gasteiger partial charge in [0.2, 0.25) is 11.8 Å². The first-order chi connectivity index (χ1) is 17.2. The van der Waals surface area contributed by atoms with Crippen molar-refractivity contribution in [3.05, 3.63) is 76.4 Å². The Labute approximate surface area is 205 Å². The number of urea groups is 1. The number of allylic oxidation sites excluding steroid dienone is 6. The van der Waals surface area contributed by atoms with E-state index in [1.165, 1.54) is 6.08 Å². The number of hydrogen-bond acceptors (Lipinski definition) is 6. The molecule has 3 N–H and O–H groups in total. The highest BCUT2D eigenvalue weighted by Gasteiger charge is 2.57. The van der Waals surface area contributed by atoms with Gasteiger partial charge in [0.25, 0.3) is 0 Å². The molecule has 36 heavy (non-hydrogen) atoms. The number of hydrogen-bond donors (Lipinski definition) is 2. The number of Topliss-reactive ketones (excluding diaryl/α,β-unsaturated/α-hetero) is 1. The molecule has 0 radical (unpaired) electrons. The Kier molecular flexibility index (Phi) is 4.67. The smallest absolute Gasteiger partial charge is 0.328 e. The molecule has 1 saturated heterocycles. The fraction of sp³-hybridized carbons (Fsp3) is 0.250. The van der Waals surface area contributed by atoms with Crippen molar-refractivity contribution in [2.45, 2.75) is 25.7 Å². The topological polar surface area (TPSA) is 135 Å². The molecule has 0 bridgehead atoms. The number of aromatic hydroxyl groups is 1. The van der Waals surface area contributed by atoms with E-state index >= 15 is 0 Å². The zero-order valence-electron chi connectivity index (χ0n) is 19.4. The van der Waals surface area contributed by atoms with E-state index in [4.69, 9.17) is 5.73 Å². The van der Waals surface area contributed by atoms with Gasteiger partial charge in [-0.3, -0.25) is 19.2 Å². The van der Waals surface area contributed by atoms with Crippen molar-refractivity contribution in [3.63, 3.8) is 0 Å². The normalized spacial score (nSPS) is 27.5. The van der Waals surface area contributed by atoms with Gasteiger partial charge in [-0.25, -0.2) is 4.79 Å². The van der Waals surface area contributed by atoms with Gasteiger partial charge in [0.15, 0.2) is 11.6 Å². The van der Waals surface area contributed by atoms with Gasteiger partial charge in [-0.1, -0.05) is 42.0 Å². The van der Waals surface area contributed by atoms with Crippen LogP contribution in [-0.2, 0) is 19.2 Å². The maximum absolute atomic E-state index is 13.5. The third-order valence-electron chi connectivity index (χ3n) is 8.02. The lowest BCUT2D eigenvalue weighted by atomic mass is 9.59. The number of carbonyl (C=O) groups excluding carboxylic acids is 5. The SMILES string of the molecule is CC1=CC(=O)C2=C(C1=O)C(c1c(O)ccc3ccccc13)C1=CCC3C(=O)N(C(N)=O)C(=O)C3C1C2. The number of amides is 4. The number of carbonyl (C=O) groups is 5. The standard InChI is InChI=1S/C28H22N2O6/c1-12-10-20(32)18-11-17-15(7-8-16-21(17)27(35)30(26(16)34)28(29)36)23(24(18)25(12)33)22-14-5-3-2-4-13(14)6-9-19(22)31/h2-7,9-10,16-17,21,23,31H,8,11H2,1H3,(H2,29,36). The van der Waals surface area contributed by atoms with Crippen LogP contribution in [0.3, 0.4) is 0 Å². The highest BCUT2D eigenvalue weighted by atomic mass is 16.3. The summed E-state index contributed by atoms with van der Waals surface area (Å²) in [5, 5.41) is 12.7. The average molecular weight is 482 g/mol. The Morgan fingerprint density at radius 3 is 2.53 bits per heavy atom. The van der Waals surface area contributed by atoms with Crippen LogP contribution >= 0.6 is 0 Å². The van der Waals surface area contributed by atoms with Crippen molar-refractivity contribution in [2.24, 2.45) is 23.5 Å². The lowest BCUT2D eigenvalue weighted by Crippen LogP contribution is -2.42. The summed E-state index contributed by atoms with van der Waals surface area (Å²) in [5.74, 6) is -4.99. The molecular formula is C28H22N2O6. The van der Waals surface area contributed by atoms with E-state index in [1.807, 2.05) is 30.3 Å². The Morgan fingerprint density at radius 1 is 1.03 bits per heavy atom. The molecule has 4 amide bonds. The summed E-state index contributed by atoms with van der Waals surface area (Å²) in [5.41, 5.74) is 7.41. The second kappa shape index (κ2) is 7.58. The van der Waals surface area contributed by atoms with E-state index in [2.05, 4.69) is 0 Å². The number of phenolic OH excluding ortho intramolecular Hbond substituents is 1. The molecule has 1 aliphatic heterocycles. The summed E-state index contributed by atoms with van der Waals surface area (Å²) < 4.78 is 0. The number of ketones is 2. The molecular weight excluding hydrogens is 460 g/mol. The minimum atomic E-state index is -1.12. The van der Waals surface area contributed by atoms with E-state index in [0.29, 0.717) is 27.2 Å². The van der Waals surface area contributed by atoms with Crippen molar-refractivity contribution in [1.82, 2.24) is 4.90 Å². The number of phenols is 1. The summed E-state index contributed by atoms with van der Waals surface area (Å²) in [6.45, 7) is 1.59. The molecule has 8 nitrogen and oxygen atoms in total. The van der Waals surface area contributed by atoms with Crippen molar-refractivity contribution in [3.8, 4) is 5.75 Å². The first-order valence-electron chi connectivity index (χ1n) is 11.8. The average Bonchev–Trinajstić information content (AvgIpc) is 3.11. The third kappa shape index (κ3) is 2.84. The van der Waals surface area contributed by atoms with Gasteiger partial charge in [0, 0.05) is 28.2 Å². The monoisotopic (exact) mass is 482 g/mol. The number of benzene rings is 2. The summed E-state index contributed by atoms with van der Waals surface area (Å²) in [7, 11) is 0. The molecule has 2 aromatic rings. The predicted octanol–water partition coefficient (Wildman–Crippen LogP) is 3.05. The van der Waals surface area contributed by atoms with Gasteiger partial charge in [-0.15, -0.1) is 0 Å². The molecule has 4 unspecified atom stereocenters. The van der Waals surface area contributed by atoms with Crippen molar-refractivity contribution >= 4 is 40.2 Å². The Morgan fingerprint density at radius 2 is 1.78 bits per heavy atom. The molecule has 4 atom stereocenters. The fourth-order valence-electron chi connectivity index (χ4n) is 6.50. The van der Waals surface area contributed by atoms with Crippen LogP contribution < -0.4 is 5.73 Å². The van der Waals surface area contributed by atoms with Crippen molar-refractivity contribution < 1.29 is 29.1 Å². The van der Waals surface area contributed by atoms with Crippen LogP contribution in [0, 0.1) is 17.8 Å². The first kappa shape index (κ1) is 22.2. The summed E-state index contributed by atoms with van der Waals surface area (Å²) in [4.78, 5) is 65.3. The maximum Gasteiger partial charge on any atom is 0.328 e. The maximum atomic E-state index is 13.5. The predicted molar refractivity (Wildman–Crippen MR) is 128 cm³/mol. The lowest BCUT2D eigenvalue weighted by molar-refractivity contribution is -0.136. The van der Waals surface area contributed by atoms with E-state index in [9.17, 15) is 29.1 Å². The van der Waals surface area contributed by atoms with Crippen LogP contribution in [-0.4, -0.2) is 39.4 Å². The third-order valence-corrected chi connectivity index (χ3v) is 8.02. The zero-order chi connectivity index (χ0) is 25.5. The van der Waals surface area contributed by atoms with Crippen LogP contribution in [0.4, 0.5) is 4.79 Å². The van der Waals surface area contributed by atoms with Gasteiger partial charge in [-0.2, -0.15) is 4.90 Å². The molecule has 0 spiro atoms. The summed E-state index contributed by atoms with van der Waals surface area (Å²) in [6, 6.07) is 9.64. The van der Waals surface area contributed by atoms with Crippen LogP contribution in [0.1, 0.15) is 31.2 Å². The lowest BCUT2D eigenvalue weighted by Gasteiger charge is -2.42. The van der Waals surface area contributed by atoms with Gasteiger partial charge in [0.05, 0.1) is 11.8 Å². The first-order valence-corrected chi connectivity index (χ1v) is 11.8. The highest BCUT2D eigenvalue weighted by Crippen LogP contribution is 2.56. The summed E-state index contributed by atoms with van der Waals surface area (Å²) >= 11 is 0. The van der Waals surface area contributed by atoms with Crippen molar-refractivity contribution in [1.29, 1.82) is 0 Å². The van der Waals surface area contributed by atoms with Gasteiger partial charge < -0.3 is 10.8 Å². The fourth-order valence-corrected chi connectivity index (χ4v) is 6.50. The number of primary amides is 1. The molecule has 0 aromatic heterocycles. The van der Waals surface area contributed by atoms with E-state index in [-0.39, 0.29) is 35.7 Å². The molecule has 180 valence electrons. The van der Waals surface area contributed by atoms with Crippen LogP contribution in [0.25, 0.3) is 10.8 Å². The number of rotatable bonds is 1. The van der Waals surface area contributed by atoms with E-state index in [0.717, 1.165) is 10.8 Å². The molecule has 3 aliphatic carbocycles. The quantitative estimate of drug-likeness (QED) is 0.364. The Bertz CT molecular complexity index is 1540. The van der Waals surface area contributed by atoms with Crippen LogP contribution in [0.2, 0.25) is 0 Å². The van der Waals surface area contributed by atoms with Crippen molar-refractivity contribution in [2.75, 3.05) is 0 Å². The number of nitrogens with zero attached hydrogens (tertiary/aromatic N) is 1. The highest BCUT2D eigenvalue weighted by molar-refractivity contribution is 6.24. The minimum Gasteiger partial charge on any atom is -0.508 e. The van der Waals surface area contributed by atoms with Gasteiger partial charge >= 0.3 is 6.03 Å². The molecule has 2 aromatic carbocycles. The van der Waals surface area contributed by atoms with E-state index in [1.54, 1.807) is 19.1 Å². The number of nitrogens with two attached hydrogens (primary N) is 1. The summed E-state index contributed by atoms with van der Waals surface area (Å²) in [6.07, 6.45) is 3.41. The van der Waals surface area contributed by atoms with Crippen LogP contribution in [0.5, 0.6) is 5.75 Å². The van der Waals surface area contributed by atoms with Gasteiger partial charge in [-0.05, 0) is 48.6 Å². The van der Waals surface area contributed by atoms with Crippen LogP contribution in [0.15, 0.2) is 70.8 Å².